The van der Waals surface area contributed by atoms with Crippen molar-refractivity contribution < 1.29 is 29.4 Å². The van der Waals surface area contributed by atoms with E-state index < -0.39 is 47.9 Å². The van der Waals surface area contributed by atoms with Crippen molar-refractivity contribution in [2.75, 3.05) is 18.8 Å². The molecule has 0 aliphatic heterocycles. The number of aliphatic carboxylic acids is 1. The maximum absolute atomic E-state index is 13.0. The summed E-state index contributed by atoms with van der Waals surface area (Å²) in [6.45, 7) is 0.906. The highest BCUT2D eigenvalue weighted by Gasteiger charge is 2.29. The number of nitrogens with one attached hydrogen (secondary N) is 3. The van der Waals surface area contributed by atoms with Crippen LogP contribution in [0.1, 0.15) is 44.1 Å². The number of hydrogen-bond acceptors (Lipinski definition) is 9. The van der Waals surface area contributed by atoms with Crippen LogP contribution in [0.3, 0.4) is 0 Å². The Morgan fingerprint density at radius 1 is 0.784 bits per heavy atom. The predicted octanol–water partition coefficient (Wildman–Crippen LogP) is -1.01. The first-order valence-electron chi connectivity index (χ1n) is 12.3. The average Bonchev–Trinajstić information content (AvgIpc) is 2.87. The van der Waals surface area contributed by atoms with Crippen LogP contribution < -0.4 is 33.2 Å². The number of phenolic OH excluding ortho intramolecular Hbond substituents is 1. The third-order valence-corrected chi connectivity index (χ3v) is 6.06. The Balaban J connectivity index is 2.84. The van der Waals surface area contributed by atoms with Gasteiger partial charge in [-0.3, -0.25) is 14.4 Å². The Kier molecular flexibility index (Phi) is 15.3. The smallest absolute Gasteiger partial charge is 0.326 e. The first-order chi connectivity index (χ1) is 17.6. The quantitative estimate of drug-likeness (QED) is 0.0820. The number of rotatable bonds is 18. The summed E-state index contributed by atoms with van der Waals surface area (Å²) in [5.41, 5.74) is 17.5. The molecule has 12 nitrogen and oxygen atoms in total. The predicted molar refractivity (Wildman–Crippen MR) is 143 cm³/mol. The van der Waals surface area contributed by atoms with Gasteiger partial charge >= 0.3 is 5.97 Å². The molecular formula is C24H40N6O6S. The number of hydrogen-bond donors (Lipinski definition) is 9. The minimum absolute atomic E-state index is 0.0298. The standard InChI is InChI=1S/C24H40N6O6S/c25-11-3-1-5-17(27)21(32)28-18(6-2-4-12-26)22(33)30-20(14-37)23(34)29-19(24(35)36)13-15-7-9-16(31)10-8-15/h7-10,17-20,31,37H,1-6,11-14,25-27H2,(H,28,32)(H,29,34)(H,30,33)(H,35,36). The fourth-order valence-corrected chi connectivity index (χ4v) is 3.74. The first kappa shape index (κ1) is 32.2. The molecule has 37 heavy (non-hydrogen) atoms. The number of nitrogens with two attached hydrogens (primary N) is 3. The highest BCUT2D eigenvalue weighted by molar-refractivity contribution is 7.80. The van der Waals surface area contributed by atoms with E-state index in [1.807, 2.05) is 0 Å². The molecule has 0 aliphatic carbocycles. The summed E-state index contributed by atoms with van der Waals surface area (Å²) in [5, 5.41) is 26.6. The van der Waals surface area contributed by atoms with E-state index in [0.29, 0.717) is 44.3 Å². The number of carbonyl (C=O) groups is 4. The number of benzene rings is 1. The van der Waals surface area contributed by atoms with E-state index in [0.717, 1.165) is 6.42 Å². The van der Waals surface area contributed by atoms with Gasteiger partial charge in [0.05, 0.1) is 6.04 Å². The van der Waals surface area contributed by atoms with Crippen LogP contribution in [0, 0.1) is 0 Å². The van der Waals surface area contributed by atoms with Gasteiger partial charge in [0.15, 0.2) is 0 Å². The number of unbranched alkanes of at least 4 members (excludes halogenated alkanes) is 2. The second-order valence-corrected chi connectivity index (χ2v) is 9.12. The van der Waals surface area contributed by atoms with Crippen molar-refractivity contribution in [3.63, 3.8) is 0 Å². The minimum Gasteiger partial charge on any atom is -0.508 e. The number of carbonyl (C=O) groups excluding carboxylic acids is 3. The van der Waals surface area contributed by atoms with Crippen LogP contribution in [-0.4, -0.2) is 76.9 Å². The van der Waals surface area contributed by atoms with Gasteiger partial charge in [-0.25, -0.2) is 4.79 Å². The van der Waals surface area contributed by atoms with Crippen LogP contribution >= 0.6 is 12.6 Å². The van der Waals surface area contributed by atoms with Gasteiger partial charge in [0.1, 0.15) is 23.9 Å². The third kappa shape index (κ3) is 12.3. The van der Waals surface area contributed by atoms with Crippen LogP contribution in [0.2, 0.25) is 0 Å². The molecule has 1 rings (SSSR count). The van der Waals surface area contributed by atoms with Crippen molar-refractivity contribution in [3.05, 3.63) is 29.8 Å². The molecule has 4 unspecified atom stereocenters. The van der Waals surface area contributed by atoms with E-state index in [2.05, 4.69) is 28.6 Å². The molecule has 3 amide bonds. The summed E-state index contributed by atoms with van der Waals surface area (Å²) in [7, 11) is 0. The normalized spacial score (nSPS) is 14.2. The average molecular weight is 541 g/mol. The molecular weight excluding hydrogens is 500 g/mol. The molecule has 0 saturated heterocycles. The van der Waals surface area contributed by atoms with Crippen LogP contribution in [0.4, 0.5) is 0 Å². The molecule has 0 aromatic heterocycles. The molecule has 13 heteroatoms. The SMILES string of the molecule is NCCCCC(N)C(=O)NC(CCCCN)C(=O)NC(CS)C(=O)NC(Cc1ccc(O)cc1)C(=O)O. The van der Waals surface area contributed by atoms with Crippen LogP contribution in [0.5, 0.6) is 5.75 Å². The number of carboxylic acids is 1. The van der Waals surface area contributed by atoms with Crippen molar-refractivity contribution in [1.29, 1.82) is 0 Å². The fourth-order valence-electron chi connectivity index (χ4n) is 3.49. The van der Waals surface area contributed by atoms with Crippen molar-refractivity contribution in [3.8, 4) is 5.75 Å². The first-order valence-corrected chi connectivity index (χ1v) is 12.9. The number of amides is 3. The van der Waals surface area contributed by atoms with Gasteiger partial charge in [-0.1, -0.05) is 18.6 Å². The van der Waals surface area contributed by atoms with E-state index in [4.69, 9.17) is 17.2 Å². The topological polar surface area (TPSA) is 223 Å². The molecule has 0 heterocycles. The minimum atomic E-state index is -1.28. The number of thiol groups is 1. The van der Waals surface area contributed by atoms with Gasteiger partial charge in [-0.05, 0) is 62.9 Å². The van der Waals surface area contributed by atoms with Gasteiger partial charge in [-0.2, -0.15) is 12.6 Å². The number of carboxylic acid groups (broad SMARTS) is 1. The van der Waals surface area contributed by atoms with Crippen molar-refractivity contribution >= 4 is 36.3 Å². The molecule has 11 N–H and O–H groups in total. The summed E-state index contributed by atoms with van der Waals surface area (Å²) >= 11 is 4.13. The Morgan fingerprint density at radius 3 is 1.84 bits per heavy atom. The summed E-state index contributed by atoms with van der Waals surface area (Å²) in [4.78, 5) is 50.1. The monoisotopic (exact) mass is 540 g/mol. The Morgan fingerprint density at radius 2 is 1.30 bits per heavy atom. The summed E-state index contributed by atoms with van der Waals surface area (Å²) in [6.07, 6.45) is 3.26. The molecule has 0 saturated carbocycles. The zero-order valence-electron chi connectivity index (χ0n) is 20.9. The Bertz CT molecular complexity index is 872. The summed E-state index contributed by atoms with van der Waals surface area (Å²) < 4.78 is 0. The largest absolute Gasteiger partial charge is 0.508 e. The van der Waals surface area contributed by atoms with Crippen molar-refractivity contribution in [2.24, 2.45) is 17.2 Å². The Labute approximate surface area is 222 Å². The van der Waals surface area contributed by atoms with E-state index in [-0.39, 0.29) is 24.3 Å². The van der Waals surface area contributed by atoms with Gasteiger partial charge < -0.3 is 43.4 Å². The van der Waals surface area contributed by atoms with Crippen molar-refractivity contribution in [2.45, 2.75) is 69.1 Å². The molecule has 1 aromatic carbocycles. The highest BCUT2D eigenvalue weighted by Crippen LogP contribution is 2.12. The fraction of sp³-hybridized carbons (Fsp3) is 0.583. The van der Waals surface area contributed by atoms with Crippen LogP contribution in [0.15, 0.2) is 24.3 Å². The Hall–Kier alpha value is -2.87. The van der Waals surface area contributed by atoms with Gasteiger partial charge in [0.2, 0.25) is 17.7 Å². The summed E-state index contributed by atoms with van der Waals surface area (Å²) in [5.74, 6) is -3.18. The van der Waals surface area contributed by atoms with E-state index in [1.54, 1.807) is 12.1 Å². The lowest BCUT2D eigenvalue weighted by Gasteiger charge is -2.24. The van der Waals surface area contributed by atoms with Gasteiger partial charge in [0, 0.05) is 12.2 Å². The third-order valence-electron chi connectivity index (χ3n) is 5.69. The van der Waals surface area contributed by atoms with E-state index >= 15 is 0 Å². The molecule has 0 spiro atoms. The number of aromatic hydroxyl groups is 1. The molecule has 0 bridgehead atoms. The second kappa shape index (κ2) is 17.6. The van der Waals surface area contributed by atoms with Gasteiger partial charge in [-0.15, -0.1) is 0 Å². The highest BCUT2D eigenvalue weighted by atomic mass is 32.1. The van der Waals surface area contributed by atoms with Crippen LogP contribution in [0.25, 0.3) is 0 Å². The lowest BCUT2D eigenvalue weighted by Crippen LogP contribution is -2.57. The summed E-state index contributed by atoms with van der Waals surface area (Å²) in [6, 6.07) is 1.73. The lowest BCUT2D eigenvalue weighted by molar-refractivity contribution is -0.142. The maximum Gasteiger partial charge on any atom is 0.326 e. The zero-order valence-corrected chi connectivity index (χ0v) is 21.8. The molecule has 0 radical (unpaired) electrons. The molecule has 208 valence electrons. The maximum atomic E-state index is 13.0. The zero-order chi connectivity index (χ0) is 27.8. The molecule has 0 fully saturated rings. The van der Waals surface area contributed by atoms with E-state index in [9.17, 15) is 29.4 Å². The van der Waals surface area contributed by atoms with Crippen molar-refractivity contribution in [1.82, 2.24) is 16.0 Å². The second-order valence-electron chi connectivity index (χ2n) is 8.75. The lowest BCUT2D eigenvalue weighted by atomic mass is 10.0. The van der Waals surface area contributed by atoms with Crippen LogP contribution in [-0.2, 0) is 25.6 Å². The molecule has 4 atom stereocenters. The number of phenols is 1. The molecule has 0 aliphatic rings. The molecule has 1 aromatic rings. The van der Waals surface area contributed by atoms with E-state index in [1.165, 1.54) is 12.1 Å². The van der Waals surface area contributed by atoms with Gasteiger partial charge in [0.25, 0.3) is 0 Å².